The van der Waals surface area contributed by atoms with E-state index in [0.717, 1.165) is 30.0 Å². The molecule has 4 rings (SSSR count). The summed E-state index contributed by atoms with van der Waals surface area (Å²) >= 11 is 0. The van der Waals surface area contributed by atoms with Crippen molar-refractivity contribution in [3.05, 3.63) is 60.2 Å². The number of ether oxygens (including phenoxy) is 1. The van der Waals surface area contributed by atoms with Crippen molar-refractivity contribution in [3.63, 3.8) is 0 Å². The number of rotatable bonds is 5. The monoisotopic (exact) mass is 350 g/mol. The van der Waals surface area contributed by atoms with Gasteiger partial charge in [-0.15, -0.1) is 0 Å². The Morgan fingerprint density at radius 2 is 2.08 bits per heavy atom. The summed E-state index contributed by atoms with van der Waals surface area (Å²) in [4.78, 5) is 8.70. The van der Waals surface area contributed by atoms with E-state index >= 15 is 0 Å². The van der Waals surface area contributed by atoms with Gasteiger partial charge < -0.3 is 14.6 Å². The van der Waals surface area contributed by atoms with Crippen molar-refractivity contribution >= 4 is 0 Å². The summed E-state index contributed by atoms with van der Waals surface area (Å²) < 4.78 is 11.3. The van der Waals surface area contributed by atoms with E-state index in [-0.39, 0.29) is 11.3 Å². The number of aromatic nitrogens is 3. The first-order valence-corrected chi connectivity index (χ1v) is 8.78. The van der Waals surface area contributed by atoms with Gasteiger partial charge >= 0.3 is 0 Å². The molecule has 1 atom stereocenters. The van der Waals surface area contributed by atoms with Gasteiger partial charge in [0.1, 0.15) is 12.4 Å². The van der Waals surface area contributed by atoms with Gasteiger partial charge in [-0.25, -0.2) is 0 Å². The second-order valence-electron chi connectivity index (χ2n) is 7.30. The molecule has 1 aliphatic rings. The molecule has 1 fully saturated rings. The van der Waals surface area contributed by atoms with Crippen molar-refractivity contribution in [2.24, 2.45) is 5.41 Å². The highest BCUT2D eigenvalue weighted by atomic mass is 16.5. The number of nitrogens with one attached hydrogen (secondary N) is 1. The molecule has 1 aliphatic heterocycles. The minimum Gasteiger partial charge on any atom is -0.489 e. The van der Waals surface area contributed by atoms with Gasteiger partial charge in [0.25, 0.3) is 0 Å². The van der Waals surface area contributed by atoms with Crippen molar-refractivity contribution in [3.8, 4) is 17.1 Å². The summed E-state index contributed by atoms with van der Waals surface area (Å²) in [5.41, 5.74) is 2.07. The highest BCUT2D eigenvalue weighted by Crippen LogP contribution is 2.38. The summed E-state index contributed by atoms with van der Waals surface area (Å²) in [6.07, 6.45) is 3.55. The fourth-order valence-electron chi connectivity index (χ4n) is 3.20. The van der Waals surface area contributed by atoms with Crippen LogP contribution >= 0.6 is 0 Å². The Kier molecular flexibility index (Phi) is 4.42. The first kappa shape index (κ1) is 16.7. The Balaban J connectivity index is 1.44. The van der Waals surface area contributed by atoms with Crippen LogP contribution in [-0.2, 0) is 6.61 Å². The van der Waals surface area contributed by atoms with E-state index in [1.54, 1.807) is 12.4 Å². The maximum absolute atomic E-state index is 5.78. The third kappa shape index (κ3) is 3.46. The van der Waals surface area contributed by atoms with Gasteiger partial charge in [0.05, 0.1) is 5.92 Å². The van der Waals surface area contributed by atoms with Crippen LogP contribution in [0, 0.1) is 5.41 Å². The lowest BCUT2D eigenvalue weighted by Gasteiger charge is -2.21. The van der Waals surface area contributed by atoms with Crippen LogP contribution in [0.25, 0.3) is 11.4 Å². The van der Waals surface area contributed by atoms with Crippen LogP contribution in [0.15, 0.2) is 53.3 Å². The molecule has 0 amide bonds. The zero-order chi connectivity index (χ0) is 18.0. The average Bonchev–Trinajstić information content (AvgIpc) is 3.27. The summed E-state index contributed by atoms with van der Waals surface area (Å²) in [6, 6.07) is 11.6. The fraction of sp³-hybridized carbons (Fsp3) is 0.350. The average molecular weight is 350 g/mol. The minimum atomic E-state index is 0.119. The number of hydrogen-bond acceptors (Lipinski definition) is 6. The Hall–Kier alpha value is -2.73. The van der Waals surface area contributed by atoms with Crippen LogP contribution < -0.4 is 10.1 Å². The van der Waals surface area contributed by atoms with Crippen LogP contribution in [0.5, 0.6) is 5.75 Å². The predicted molar refractivity (Wildman–Crippen MR) is 97.7 cm³/mol. The molecular formula is C20H22N4O2. The van der Waals surface area contributed by atoms with E-state index in [9.17, 15) is 0 Å². The first-order chi connectivity index (χ1) is 12.6. The summed E-state index contributed by atoms with van der Waals surface area (Å²) in [5.74, 6) is 2.35. The molecule has 1 N–H and O–H groups in total. The molecule has 2 aromatic heterocycles. The van der Waals surface area contributed by atoms with Gasteiger partial charge in [-0.2, -0.15) is 4.98 Å². The van der Waals surface area contributed by atoms with Crippen LogP contribution in [0.2, 0.25) is 0 Å². The van der Waals surface area contributed by atoms with Gasteiger partial charge in [-0.05, 0) is 35.7 Å². The second-order valence-corrected chi connectivity index (χ2v) is 7.30. The third-order valence-electron chi connectivity index (χ3n) is 4.85. The quantitative estimate of drug-likeness (QED) is 0.760. The third-order valence-corrected chi connectivity index (χ3v) is 4.85. The lowest BCUT2D eigenvalue weighted by atomic mass is 9.82. The number of hydrogen-bond donors (Lipinski definition) is 1. The molecule has 6 heteroatoms. The molecule has 0 saturated carbocycles. The topological polar surface area (TPSA) is 73.1 Å². The summed E-state index contributed by atoms with van der Waals surface area (Å²) in [6.45, 7) is 6.75. The molecule has 6 nitrogen and oxygen atoms in total. The molecule has 1 unspecified atom stereocenters. The van der Waals surface area contributed by atoms with Crippen molar-refractivity contribution in [2.75, 3.05) is 13.1 Å². The first-order valence-electron chi connectivity index (χ1n) is 8.78. The molecule has 3 heterocycles. The standard InChI is InChI=1S/C20H22N4O2/c1-20(2)13-22-11-17(20)19-23-18(24-26-19)15-5-7-16(8-6-15)25-12-14-4-3-9-21-10-14/h3-10,17,22H,11-13H2,1-2H3. The molecule has 1 aromatic carbocycles. The smallest absolute Gasteiger partial charge is 0.231 e. The Labute approximate surface area is 152 Å². The van der Waals surface area contributed by atoms with E-state index in [0.29, 0.717) is 18.3 Å². The minimum absolute atomic E-state index is 0.119. The molecule has 0 bridgehead atoms. The van der Waals surface area contributed by atoms with Gasteiger partial charge in [-0.3, -0.25) is 4.98 Å². The largest absolute Gasteiger partial charge is 0.489 e. The van der Waals surface area contributed by atoms with Crippen molar-refractivity contribution in [2.45, 2.75) is 26.4 Å². The Morgan fingerprint density at radius 3 is 2.77 bits per heavy atom. The lowest BCUT2D eigenvalue weighted by molar-refractivity contribution is 0.279. The van der Waals surface area contributed by atoms with Gasteiger partial charge in [-0.1, -0.05) is 25.1 Å². The Bertz CT molecular complexity index is 859. The summed E-state index contributed by atoms with van der Waals surface area (Å²) in [7, 11) is 0. The van der Waals surface area contributed by atoms with Gasteiger partial charge in [0.2, 0.25) is 11.7 Å². The zero-order valence-electron chi connectivity index (χ0n) is 15.0. The van der Waals surface area contributed by atoms with Gasteiger partial charge in [0.15, 0.2) is 0 Å². The summed E-state index contributed by atoms with van der Waals surface area (Å²) in [5, 5.41) is 7.55. The highest BCUT2D eigenvalue weighted by Gasteiger charge is 2.39. The number of nitrogens with zero attached hydrogens (tertiary/aromatic N) is 3. The molecule has 0 aliphatic carbocycles. The molecular weight excluding hydrogens is 328 g/mol. The molecule has 0 radical (unpaired) electrons. The van der Waals surface area contributed by atoms with E-state index in [1.807, 2.05) is 36.4 Å². The van der Waals surface area contributed by atoms with Crippen LogP contribution in [-0.4, -0.2) is 28.2 Å². The lowest BCUT2D eigenvalue weighted by Crippen LogP contribution is -2.20. The second kappa shape index (κ2) is 6.88. The van der Waals surface area contributed by atoms with Crippen LogP contribution in [0.3, 0.4) is 0 Å². The molecule has 26 heavy (non-hydrogen) atoms. The SMILES string of the molecule is CC1(C)CNCC1c1nc(-c2ccc(OCc3cccnc3)cc2)no1. The van der Waals surface area contributed by atoms with Gasteiger partial charge in [0, 0.05) is 36.6 Å². The van der Waals surface area contributed by atoms with Crippen molar-refractivity contribution in [1.82, 2.24) is 20.4 Å². The maximum Gasteiger partial charge on any atom is 0.231 e. The zero-order valence-corrected chi connectivity index (χ0v) is 15.0. The van der Waals surface area contributed by atoms with Crippen molar-refractivity contribution < 1.29 is 9.26 Å². The molecule has 1 saturated heterocycles. The van der Waals surface area contributed by atoms with E-state index in [4.69, 9.17) is 9.26 Å². The molecule has 0 spiro atoms. The van der Waals surface area contributed by atoms with E-state index < -0.39 is 0 Å². The van der Waals surface area contributed by atoms with Crippen molar-refractivity contribution in [1.29, 1.82) is 0 Å². The number of benzene rings is 1. The van der Waals surface area contributed by atoms with E-state index in [1.165, 1.54) is 0 Å². The maximum atomic E-state index is 5.78. The molecule has 134 valence electrons. The highest BCUT2D eigenvalue weighted by molar-refractivity contribution is 5.55. The van der Waals surface area contributed by atoms with Crippen LogP contribution in [0.4, 0.5) is 0 Å². The molecule has 3 aromatic rings. The number of pyridine rings is 1. The van der Waals surface area contributed by atoms with E-state index in [2.05, 4.69) is 34.3 Å². The fourth-order valence-corrected chi connectivity index (χ4v) is 3.20. The Morgan fingerprint density at radius 1 is 1.23 bits per heavy atom. The predicted octanol–water partition coefficient (Wildman–Crippen LogP) is 3.42. The normalized spacial score (nSPS) is 18.8. The van der Waals surface area contributed by atoms with Crippen LogP contribution in [0.1, 0.15) is 31.2 Å².